The summed E-state index contributed by atoms with van der Waals surface area (Å²) in [5, 5.41) is 10.9. The Morgan fingerprint density at radius 3 is 1.00 bits per heavy atom. The molecular formula is C29H52N4Si4. The van der Waals surface area contributed by atoms with Gasteiger partial charge in [-0.2, -0.15) is 10.2 Å². The third-order valence-electron chi connectivity index (χ3n) is 6.02. The van der Waals surface area contributed by atoms with Crippen molar-refractivity contribution in [3.63, 3.8) is 0 Å². The fraction of sp³-hybridized carbons (Fsp3) is 0.517. The van der Waals surface area contributed by atoms with E-state index in [2.05, 4.69) is 148 Å². The minimum Gasteiger partial charge on any atom is -0.350 e. The summed E-state index contributed by atoms with van der Waals surface area (Å²) in [6.45, 7) is 29.0. The van der Waals surface area contributed by atoms with Gasteiger partial charge in [-0.15, -0.1) is 0 Å². The van der Waals surface area contributed by atoms with Gasteiger partial charge in [-0.05, 0) is 30.4 Å². The lowest BCUT2D eigenvalue weighted by atomic mass is 10.0. The van der Waals surface area contributed by atoms with Crippen LogP contribution < -0.4 is 0 Å². The van der Waals surface area contributed by atoms with Crippen molar-refractivity contribution in [1.29, 1.82) is 0 Å². The molecule has 0 saturated carbocycles. The molecule has 2 aromatic carbocycles. The fourth-order valence-corrected chi connectivity index (χ4v) is 22.8. The third-order valence-corrected chi connectivity index (χ3v) is 19.6. The highest BCUT2D eigenvalue weighted by molar-refractivity contribution is 6.90. The average molecular weight is 569 g/mol. The van der Waals surface area contributed by atoms with E-state index in [4.69, 9.17) is 10.2 Å². The van der Waals surface area contributed by atoms with Crippen LogP contribution in [0.25, 0.3) is 0 Å². The van der Waals surface area contributed by atoms with E-state index in [1.807, 2.05) is 0 Å². The molecule has 0 amide bonds. The summed E-state index contributed by atoms with van der Waals surface area (Å²) in [6, 6.07) is 21.6. The van der Waals surface area contributed by atoms with Crippen LogP contribution in [0.1, 0.15) is 30.4 Å². The van der Waals surface area contributed by atoms with E-state index in [0.717, 1.165) is 19.3 Å². The molecule has 0 radical (unpaired) electrons. The predicted octanol–water partition coefficient (Wildman–Crippen LogP) is 8.91. The summed E-state index contributed by atoms with van der Waals surface area (Å²) in [6.07, 6.45) is 2.92. The van der Waals surface area contributed by atoms with Crippen LogP contribution in [-0.4, -0.2) is 53.0 Å². The van der Waals surface area contributed by atoms with Crippen molar-refractivity contribution < 1.29 is 0 Å². The Morgan fingerprint density at radius 2 is 0.757 bits per heavy atom. The first-order valence-corrected chi connectivity index (χ1v) is 27.6. The van der Waals surface area contributed by atoms with Gasteiger partial charge in [-0.25, -0.2) is 0 Å². The first-order valence-electron chi connectivity index (χ1n) is 13.8. The quantitative estimate of drug-likeness (QED) is 0.145. The molecule has 0 atom stereocenters. The van der Waals surface area contributed by atoms with Crippen LogP contribution in [0.4, 0.5) is 0 Å². The van der Waals surface area contributed by atoms with Gasteiger partial charge in [0.15, 0.2) is 32.9 Å². The van der Waals surface area contributed by atoms with Crippen molar-refractivity contribution in [2.75, 3.05) is 0 Å². The third kappa shape index (κ3) is 9.81. The second-order valence-corrected chi connectivity index (χ2v) is 33.9. The Balaban J connectivity index is 2.45. The van der Waals surface area contributed by atoms with Gasteiger partial charge < -0.3 is 8.68 Å². The van der Waals surface area contributed by atoms with Gasteiger partial charge in [0.25, 0.3) is 0 Å². The van der Waals surface area contributed by atoms with E-state index in [0.29, 0.717) is 0 Å². The molecule has 0 unspecified atom stereocenters. The van der Waals surface area contributed by atoms with Gasteiger partial charge in [-0.3, -0.25) is 0 Å². The molecule has 37 heavy (non-hydrogen) atoms. The van der Waals surface area contributed by atoms with E-state index in [-0.39, 0.29) is 0 Å². The Morgan fingerprint density at radius 1 is 0.486 bits per heavy atom. The van der Waals surface area contributed by atoms with Gasteiger partial charge in [0.05, 0.1) is 11.4 Å². The molecular weight excluding hydrogens is 517 g/mol. The summed E-state index contributed by atoms with van der Waals surface area (Å²) in [7, 11) is -6.44. The molecule has 0 heterocycles. The Labute approximate surface area is 232 Å². The fourth-order valence-electron chi connectivity index (χ4n) is 5.04. The van der Waals surface area contributed by atoms with Crippen LogP contribution >= 0.6 is 0 Å². The zero-order valence-corrected chi connectivity index (χ0v) is 29.7. The lowest BCUT2D eigenvalue weighted by molar-refractivity contribution is 0.656. The van der Waals surface area contributed by atoms with Gasteiger partial charge in [-0.1, -0.05) is 139 Å². The van der Waals surface area contributed by atoms with Crippen LogP contribution in [0.3, 0.4) is 0 Å². The molecule has 8 heteroatoms. The molecule has 0 fully saturated rings. The molecule has 4 nitrogen and oxygen atoms in total. The van der Waals surface area contributed by atoms with E-state index in [9.17, 15) is 0 Å². The second-order valence-electron chi connectivity index (χ2n) is 14.0. The Kier molecular flexibility index (Phi) is 10.5. The molecule has 0 N–H and O–H groups in total. The Bertz CT molecular complexity index is 928. The maximum Gasteiger partial charge on any atom is 0.158 e. The normalized spacial score (nSPS) is 14.1. The van der Waals surface area contributed by atoms with Gasteiger partial charge in [0, 0.05) is 0 Å². The standard InChI is InChI=1S/C29H52N4Si4/c1-34(2,3)32(35(4,5)6)30-28(26-20-15-13-16-21-26)24-19-25-29(27-22-17-14-18-23-27)31-33(36(7,8)9)37(10,11)12/h13-18,20-23H,19,24-25H2,1-12H3. The first-order chi connectivity index (χ1) is 16.9. The number of hydrogen-bond donors (Lipinski definition) is 0. The second kappa shape index (κ2) is 12.4. The molecule has 0 aliphatic rings. The van der Waals surface area contributed by atoms with Gasteiger partial charge in [0.2, 0.25) is 0 Å². The van der Waals surface area contributed by atoms with Crippen LogP contribution in [0.15, 0.2) is 70.9 Å². The molecule has 0 spiro atoms. The molecule has 2 rings (SSSR count). The van der Waals surface area contributed by atoms with E-state index in [1.165, 1.54) is 22.6 Å². The zero-order valence-electron chi connectivity index (χ0n) is 25.7. The highest BCUT2D eigenvalue weighted by Crippen LogP contribution is 2.24. The number of benzene rings is 2. The smallest absolute Gasteiger partial charge is 0.158 e. The van der Waals surface area contributed by atoms with Gasteiger partial charge in [0.1, 0.15) is 0 Å². The summed E-state index contributed by atoms with van der Waals surface area (Å²) in [5.41, 5.74) is 4.91. The van der Waals surface area contributed by atoms with Crippen LogP contribution in [0.5, 0.6) is 0 Å². The van der Waals surface area contributed by atoms with E-state index >= 15 is 0 Å². The lowest BCUT2D eigenvalue weighted by Crippen LogP contribution is -2.56. The molecule has 0 aliphatic carbocycles. The summed E-state index contributed by atoms with van der Waals surface area (Å²) in [4.78, 5) is 0. The molecule has 0 bridgehead atoms. The Hall–Kier alpha value is -1.75. The minimum absolute atomic E-state index is 0.946. The monoisotopic (exact) mass is 568 g/mol. The number of hydrogen-bond acceptors (Lipinski definition) is 4. The molecule has 0 aliphatic heterocycles. The van der Waals surface area contributed by atoms with Gasteiger partial charge >= 0.3 is 0 Å². The number of nitrogens with zero attached hydrogens (tertiary/aromatic N) is 4. The first kappa shape index (κ1) is 31.5. The molecule has 0 saturated heterocycles. The van der Waals surface area contributed by atoms with Crippen LogP contribution in [0.2, 0.25) is 78.6 Å². The van der Waals surface area contributed by atoms with Crippen molar-refractivity contribution >= 4 is 44.4 Å². The molecule has 0 aromatic heterocycles. The maximum absolute atomic E-state index is 5.43. The minimum atomic E-state index is -1.61. The molecule has 2 aromatic rings. The van der Waals surface area contributed by atoms with Crippen molar-refractivity contribution in [3.05, 3.63) is 71.8 Å². The number of rotatable bonds is 12. The largest absolute Gasteiger partial charge is 0.350 e. The van der Waals surface area contributed by atoms with Crippen molar-refractivity contribution in [2.45, 2.75) is 97.8 Å². The number of hydrazone groups is 2. The SMILES string of the molecule is C[Si](C)(C)N(N=C(CCCC(=NN([Si](C)(C)C)[Si](C)(C)C)c1ccccc1)c1ccccc1)[Si](C)(C)C. The zero-order chi connectivity index (χ0) is 28.1. The highest BCUT2D eigenvalue weighted by Gasteiger charge is 2.35. The van der Waals surface area contributed by atoms with Crippen molar-refractivity contribution in [1.82, 2.24) is 8.68 Å². The van der Waals surface area contributed by atoms with E-state index < -0.39 is 32.9 Å². The van der Waals surface area contributed by atoms with E-state index in [1.54, 1.807) is 0 Å². The van der Waals surface area contributed by atoms with Crippen LogP contribution in [0, 0.1) is 0 Å². The average Bonchev–Trinajstić information content (AvgIpc) is 2.75. The van der Waals surface area contributed by atoms with Crippen molar-refractivity contribution in [2.24, 2.45) is 10.2 Å². The lowest BCUT2D eigenvalue weighted by Gasteiger charge is -2.42. The summed E-state index contributed by atoms with van der Waals surface area (Å²) < 4.78 is 5.10. The summed E-state index contributed by atoms with van der Waals surface area (Å²) in [5.74, 6) is 0. The summed E-state index contributed by atoms with van der Waals surface area (Å²) >= 11 is 0. The topological polar surface area (TPSA) is 31.2 Å². The molecule has 204 valence electrons. The van der Waals surface area contributed by atoms with Crippen molar-refractivity contribution in [3.8, 4) is 0 Å². The predicted molar refractivity (Wildman–Crippen MR) is 177 cm³/mol. The maximum atomic E-state index is 5.43. The highest BCUT2D eigenvalue weighted by atomic mass is 28.4. The van der Waals surface area contributed by atoms with Crippen LogP contribution in [-0.2, 0) is 0 Å².